The summed E-state index contributed by atoms with van der Waals surface area (Å²) in [5.74, 6) is 1.54. The summed E-state index contributed by atoms with van der Waals surface area (Å²) >= 11 is 0. The number of alkyl carbamates (subject to hydrolysis) is 1. The van der Waals surface area contributed by atoms with E-state index < -0.39 is 34.7 Å². The van der Waals surface area contributed by atoms with Gasteiger partial charge in [-0.15, -0.1) is 0 Å². The number of aromatic nitrogens is 4. The van der Waals surface area contributed by atoms with Crippen molar-refractivity contribution < 1.29 is 33.3 Å². The zero-order valence-corrected chi connectivity index (χ0v) is 34.4. The number of nitrogens with zero attached hydrogens (tertiary/aromatic N) is 4. The Morgan fingerprint density at radius 3 is 2.24 bits per heavy atom. The molecule has 3 heterocycles. The van der Waals surface area contributed by atoms with Gasteiger partial charge in [-0.05, 0) is 131 Å². The van der Waals surface area contributed by atoms with Crippen molar-refractivity contribution in [3.8, 4) is 17.3 Å². The second-order valence-corrected chi connectivity index (χ2v) is 17.7. The monoisotopic (exact) mass is 745 g/mol. The van der Waals surface area contributed by atoms with Crippen LogP contribution in [0.25, 0.3) is 33.6 Å². The van der Waals surface area contributed by atoms with Crippen LogP contribution in [0.2, 0.25) is 0 Å². The van der Waals surface area contributed by atoms with Crippen molar-refractivity contribution in [1.82, 2.24) is 24.4 Å². The lowest BCUT2D eigenvalue weighted by Gasteiger charge is -2.28. The fourth-order valence-corrected chi connectivity index (χ4v) is 6.85. The largest absolute Gasteiger partial charge is 0.494 e. The molecule has 3 aromatic heterocycles. The number of carbonyl (C=O) groups is 3. The van der Waals surface area contributed by atoms with Crippen molar-refractivity contribution >= 4 is 40.1 Å². The number of nitrogens with one attached hydrogen (secondary N) is 1. The third kappa shape index (κ3) is 9.54. The molecule has 12 heteroatoms. The minimum atomic E-state index is -0.624. The Morgan fingerprint density at radius 2 is 1.61 bits per heavy atom. The second kappa shape index (κ2) is 15.3. The van der Waals surface area contributed by atoms with E-state index in [9.17, 15) is 14.4 Å². The van der Waals surface area contributed by atoms with Crippen LogP contribution < -0.4 is 10.1 Å². The molecule has 5 rings (SSSR count). The summed E-state index contributed by atoms with van der Waals surface area (Å²) in [6.45, 7) is 21.4. The van der Waals surface area contributed by atoms with E-state index in [1.807, 2.05) is 99.9 Å². The molecule has 0 spiro atoms. The molecule has 0 radical (unpaired) electrons. The Bertz CT molecular complexity index is 2030. The van der Waals surface area contributed by atoms with E-state index in [0.717, 1.165) is 54.5 Å². The molecule has 54 heavy (non-hydrogen) atoms. The van der Waals surface area contributed by atoms with E-state index in [0.29, 0.717) is 40.2 Å². The van der Waals surface area contributed by atoms with Crippen LogP contribution in [0.4, 0.5) is 4.79 Å². The number of hydrogen-bond donors (Lipinski definition) is 1. The fraction of sp³-hybridized carbons (Fsp3) is 0.595. The van der Waals surface area contributed by atoms with Gasteiger partial charge in [0.25, 0.3) is 0 Å². The number of carbonyl (C=O) groups excluding carboxylic acids is 3. The van der Waals surface area contributed by atoms with E-state index in [1.54, 1.807) is 19.2 Å². The third-order valence-electron chi connectivity index (χ3n) is 9.72. The molecule has 1 amide bonds. The van der Waals surface area contributed by atoms with Crippen LogP contribution >= 0.6 is 0 Å². The summed E-state index contributed by atoms with van der Waals surface area (Å²) in [4.78, 5) is 48.6. The first-order valence-electron chi connectivity index (χ1n) is 19.1. The lowest BCUT2D eigenvalue weighted by molar-refractivity contribution is -0.166. The Kier molecular flexibility index (Phi) is 11.5. The molecule has 0 unspecified atom stereocenters. The molecule has 1 aliphatic rings. The van der Waals surface area contributed by atoms with Crippen LogP contribution in [0.15, 0.2) is 30.3 Å². The Hall–Kier alpha value is -4.61. The first-order valence-corrected chi connectivity index (χ1v) is 19.1. The molecule has 1 N–H and O–H groups in total. The highest BCUT2D eigenvalue weighted by Crippen LogP contribution is 2.46. The number of benzene rings is 1. The van der Waals surface area contributed by atoms with Gasteiger partial charge in [-0.1, -0.05) is 12.8 Å². The Balaban J connectivity index is 1.48. The molecule has 1 fully saturated rings. The van der Waals surface area contributed by atoms with Gasteiger partial charge in [0.05, 0.1) is 47.1 Å². The number of esters is 2. The topological polar surface area (TPSA) is 136 Å². The minimum Gasteiger partial charge on any atom is -0.494 e. The van der Waals surface area contributed by atoms with Crippen LogP contribution in [0.3, 0.4) is 0 Å². The highest BCUT2D eigenvalue weighted by atomic mass is 16.6. The number of amides is 1. The van der Waals surface area contributed by atoms with Crippen molar-refractivity contribution in [3.05, 3.63) is 41.6 Å². The van der Waals surface area contributed by atoms with Crippen molar-refractivity contribution in [3.63, 3.8) is 0 Å². The van der Waals surface area contributed by atoms with Gasteiger partial charge in [0.1, 0.15) is 28.1 Å². The molecule has 1 aromatic carbocycles. The molecule has 1 saturated carbocycles. The molecule has 294 valence electrons. The predicted octanol–water partition coefficient (Wildman–Crippen LogP) is 8.92. The minimum absolute atomic E-state index is 0.161. The first-order chi connectivity index (χ1) is 25.1. The van der Waals surface area contributed by atoms with Crippen molar-refractivity contribution in [2.45, 2.75) is 132 Å². The zero-order chi connectivity index (χ0) is 39.9. The summed E-state index contributed by atoms with van der Waals surface area (Å²) in [5, 5.41) is 3.86. The molecule has 0 bridgehead atoms. The van der Waals surface area contributed by atoms with E-state index in [4.69, 9.17) is 28.9 Å². The van der Waals surface area contributed by atoms with Gasteiger partial charge in [0.2, 0.25) is 0 Å². The van der Waals surface area contributed by atoms with E-state index in [-0.39, 0.29) is 12.1 Å². The number of pyridine rings is 1. The maximum Gasteiger partial charge on any atom is 0.408 e. The van der Waals surface area contributed by atoms with Crippen LogP contribution in [0.5, 0.6) is 5.75 Å². The maximum absolute atomic E-state index is 12.9. The highest BCUT2D eigenvalue weighted by molar-refractivity contribution is 5.97. The first kappa shape index (κ1) is 40.6. The second-order valence-electron chi connectivity index (χ2n) is 17.7. The van der Waals surface area contributed by atoms with Gasteiger partial charge in [0.15, 0.2) is 5.82 Å². The van der Waals surface area contributed by atoms with Crippen LogP contribution in [-0.4, -0.2) is 61.5 Å². The third-order valence-corrected chi connectivity index (χ3v) is 9.72. The van der Waals surface area contributed by atoms with Gasteiger partial charge >= 0.3 is 18.0 Å². The summed E-state index contributed by atoms with van der Waals surface area (Å²) in [5.41, 5.74) is 2.41. The molecular weight excluding hydrogens is 686 g/mol. The lowest BCUT2D eigenvalue weighted by Crippen LogP contribution is -2.34. The van der Waals surface area contributed by atoms with Gasteiger partial charge in [-0.3, -0.25) is 4.79 Å². The predicted molar refractivity (Wildman–Crippen MR) is 209 cm³/mol. The number of rotatable bonds is 13. The molecule has 0 saturated heterocycles. The SMILES string of the molecule is COc1cc(C(=O)OC(C)C)cc2nc(-c3cc4ccc([C@@H](C)NC(=O)OC(C)(C)C)nc4n3C[C@@H]3C[C@H]3CCCC(C)(C)C(=O)OC(C)(C)C)n(C)c12. The summed E-state index contributed by atoms with van der Waals surface area (Å²) in [7, 11) is 3.52. The number of methoxy groups -OCH3 is 1. The van der Waals surface area contributed by atoms with Crippen molar-refractivity contribution in [1.29, 1.82) is 0 Å². The van der Waals surface area contributed by atoms with E-state index >= 15 is 0 Å². The maximum atomic E-state index is 12.9. The standard InChI is InChI=1S/C42H59N5O7/c1-24(2)52-37(48)28-20-31-34(33(22-28)51-13)46(12)36(45-31)32-21-27-16-17-30(25(3)43-39(50)54-41(7,8)9)44-35(27)47(32)23-29-19-26(29)15-14-18-42(10,11)38(49)53-40(4,5)6/h16-17,20-22,24-26,29H,14-15,18-19,23H2,1-13H3,(H,43,50)/t25-,26-,29+/m1/s1. The smallest absolute Gasteiger partial charge is 0.408 e. The van der Waals surface area contributed by atoms with Gasteiger partial charge in [-0.2, -0.15) is 0 Å². The van der Waals surface area contributed by atoms with Crippen molar-refractivity contribution in [2.24, 2.45) is 24.3 Å². The normalized spacial score (nSPS) is 16.8. The number of ether oxygens (including phenoxy) is 4. The average Bonchev–Trinajstić information content (AvgIpc) is 3.56. The van der Waals surface area contributed by atoms with Crippen LogP contribution in [-0.2, 0) is 32.6 Å². The Morgan fingerprint density at radius 1 is 0.926 bits per heavy atom. The molecule has 4 aromatic rings. The quantitative estimate of drug-likeness (QED) is 0.105. The Labute approximate surface area is 319 Å². The number of aryl methyl sites for hydroxylation is 1. The van der Waals surface area contributed by atoms with E-state index in [1.165, 1.54) is 0 Å². The fourth-order valence-electron chi connectivity index (χ4n) is 6.85. The van der Waals surface area contributed by atoms with Gasteiger partial charge in [0, 0.05) is 19.0 Å². The van der Waals surface area contributed by atoms with E-state index in [2.05, 4.69) is 16.0 Å². The molecule has 0 aliphatic heterocycles. The number of imidazole rings is 1. The zero-order valence-electron chi connectivity index (χ0n) is 34.4. The highest BCUT2D eigenvalue weighted by Gasteiger charge is 2.39. The molecular formula is C42H59N5O7. The summed E-state index contributed by atoms with van der Waals surface area (Å²) in [6, 6.07) is 9.09. The molecule has 3 atom stereocenters. The average molecular weight is 746 g/mol. The van der Waals surface area contributed by atoms with Crippen LogP contribution in [0, 0.1) is 17.3 Å². The summed E-state index contributed by atoms with van der Waals surface area (Å²) < 4.78 is 26.7. The van der Waals surface area contributed by atoms with Crippen molar-refractivity contribution in [2.75, 3.05) is 7.11 Å². The van der Waals surface area contributed by atoms with Gasteiger partial charge < -0.3 is 33.4 Å². The summed E-state index contributed by atoms with van der Waals surface area (Å²) in [6.07, 6.45) is 2.99. The number of fused-ring (bicyclic) bond motifs is 2. The van der Waals surface area contributed by atoms with Crippen LogP contribution in [0.1, 0.15) is 124 Å². The molecule has 1 aliphatic carbocycles. The molecule has 12 nitrogen and oxygen atoms in total. The van der Waals surface area contributed by atoms with Gasteiger partial charge in [-0.25, -0.2) is 19.6 Å². The number of hydrogen-bond acceptors (Lipinski definition) is 9. The lowest BCUT2D eigenvalue weighted by atomic mass is 9.86.